The first-order valence-electron chi connectivity index (χ1n) is 8.52. The fourth-order valence-corrected chi connectivity index (χ4v) is 3.01. The molecule has 1 N–H and O–H groups in total. The van der Waals surface area contributed by atoms with E-state index in [1.807, 2.05) is 6.07 Å². The molecule has 8 heteroatoms. The minimum atomic E-state index is -0.435. The van der Waals surface area contributed by atoms with Gasteiger partial charge in [0.15, 0.2) is 0 Å². The van der Waals surface area contributed by atoms with Gasteiger partial charge in [-0.15, -0.1) is 5.10 Å². The standard InChI is InChI=1S/C18H18FN5O2/c1-11(13-5-6-14(12-3-4-12)15(19)9-13)21-16(25)10-24-18(26)23-8-2-7-20-17(23)22-24/h2,5-9,11-12H,3-4,10H2,1H3,(H,21,25)/t11-/m0/s1. The van der Waals surface area contributed by atoms with E-state index in [0.29, 0.717) is 11.5 Å². The topological polar surface area (TPSA) is 81.3 Å². The fraction of sp³-hybridized carbons (Fsp3) is 0.333. The molecular weight excluding hydrogens is 337 g/mol. The molecule has 0 spiro atoms. The number of amides is 1. The van der Waals surface area contributed by atoms with E-state index in [1.54, 1.807) is 25.3 Å². The average molecular weight is 355 g/mol. The summed E-state index contributed by atoms with van der Waals surface area (Å²) < 4.78 is 16.5. The highest BCUT2D eigenvalue weighted by Crippen LogP contribution is 2.41. The largest absolute Gasteiger partial charge is 0.352 e. The first-order valence-corrected chi connectivity index (χ1v) is 8.52. The second-order valence-electron chi connectivity index (χ2n) is 6.57. The van der Waals surface area contributed by atoms with Crippen LogP contribution in [-0.4, -0.2) is 25.1 Å². The number of carbonyl (C=O) groups excluding carboxylic acids is 1. The van der Waals surface area contributed by atoms with Crippen molar-refractivity contribution in [1.82, 2.24) is 24.5 Å². The van der Waals surface area contributed by atoms with Gasteiger partial charge in [-0.3, -0.25) is 4.79 Å². The van der Waals surface area contributed by atoms with Crippen LogP contribution in [0.15, 0.2) is 41.5 Å². The molecule has 1 amide bonds. The van der Waals surface area contributed by atoms with Gasteiger partial charge in [-0.1, -0.05) is 12.1 Å². The molecule has 1 aliphatic rings. The van der Waals surface area contributed by atoms with Crippen molar-refractivity contribution >= 4 is 11.7 Å². The molecule has 0 radical (unpaired) electrons. The number of benzene rings is 1. The molecule has 1 aliphatic carbocycles. The fourth-order valence-electron chi connectivity index (χ4n) is 3.01. The first-order chi connectivity index (χ1) is 12.5. The third-order valence-electron chi connectivity index (χ3n) is 4.58. The van der Waals surface area contributed by atoms with Gasteiger partial charge in [-0.05, 0) is 48.9 Å². The predicted octanol–water partition coefficient (Wildman–Crippen LogP) is 1.78. The summed E-state index contributed by atoms with van der Waals surface area (Å²) in [5, 5.41) is 6.79. The van der Waals surface area contributed by atoms with Gasteiger partial charge in [0.1, 0.15) is 12.4 Å². The molecule has 0 aliphatic heterocycles. The molecular formula is C18H18FN5O2. The Morgan fingerprint density at radius 2 is 2.23 bits per heavy atom. The molecule has 3 aromatic rings. The lowest BCUT2D eigenvalue weighted by atomic mass is 10.0. The van der Waals surface area contributed by atoms with E-state index in [9.17, 15) is 14.0 Å². The molecule has 0 unspecified atom stereocenters. The lowest BCUT2D eigenvalue weighted by Crippen LogP contribution is -2.34. The Bertz CT molecular complexity index is 1040. The monoisotopic (exact) mass is 355 g/mol. The normalized spacial score (nSPS) is 15.2. The van der Waals surface area contributed by atoms with Crippen LogP contribution < -0.4 is 11.0 Å². The van der Waals surface area contributed by atoms with Crippen LogP contribution in [0.2, 0.25) is 0 Å². The molecule has 134 valence electrons. The Hall–Kier alpha value is -3.03. The maximum absolute atomic E-state index is 14.2. The van der Waals surface area contributed by atoms with Crippen LogP contribution in [-0.2, 0) is 11.3 Å². The summed E-state index contributed by atoms with van der Waals surface area (Å²) in [5.41, 5.74) is 0.996. The van der Waals surface area contributed by atoms with Crippen molar-refractivity contribution in [3.8, 4) is 0 Å². The van der Waals surface area contributed by atoms with Gasteiger partial charge in [-0.25, -0.2) is 23.3 Å². The van der Waals surface area contributed by atoms with Crippen molar-refractivity contribution < 1.29 is 9.18 Å². The smallest absolute Gasteiger partial charge is 0.348 e. The lowest BCUT2D eigenvalue weighted by molar-refractivity contribution is -0.122. The van der Waals surface area contributed by atoms with E-state index >= 15 is 0 Å². The summed E-state index contributed by atoms with van der Waals surface area (Å²) in [7, 11) is 0. The van der Waals surface area contributed by atoms with Crippen LogP contribution in [0.5, 0.6) is 0 Å². The van der Waals surface area contributed by atoms with E-state index < -0.39 is 5.69 Å². The van der Waals surface area contributed by atoms with Crippen molar-refractivity contribution in [2.75, 3.05) is 0 Å². The van der Waals surface area contributed by atoms with Crippen molar-refractivity contribution in [3.05, 3.63) is 64.1 Å². The molecule has 7 nitrogen and oxygen atoms in total. The third-order valence-corrected chi connectivity index (χ3v) is 4.58. The number of hydrogen-bond donors (Lipinski definition) is 1. The van der Waals surface area contributed by atoms with Crippen LogP contribution in [0, 0.1) is 5.82 Å². The molecule has 1 aromatic carbocycles. The Kier molecular flexibility index (Phi) is 4.02. The second kappa shape index (κ2) is 6.36. The molecule has 1 saturated carbocycles. The Labute approximate surface area is 148 Å². The predicted molar refractivity (Wildman–Crippen MR) is 92.2 cm³/mol. The minimum Gasteiger partial charge on any atom is -0.348 e. The zero-order chi connectivity index (χ0) is 18.3. The molecule has 4 rings (SSSR count). The minimum absolute atomic E-state index is 0.227. The summed E-state index contributed by atoms with van der Waals surface area (Å²) in [6, 6.07) is 6.34. The van der Waals surface area contributed by atoms with Crippen LogP contribution in [0.25, 0.3) is 5.78 Å². The highest BCUT2D eigenvalue weighted by Gasteiger charge is 2.26. The van der Waals surface area contributed by atoms with Gasteiger partial charge in [0.2, 0.25) is 5.91 Å². The molecule has 0 saturated heterocycles. The van der Waals surface area contributed by atoms with Crippen molar-refractivity contribution in [3.63, 3.8) is 0 Å². The van der Waals surface area contributed by atoms with Crippen LogP contribution in [0.3, 0.4) is 0 Å². The lowest BCUT2D eigenvalue weighted by Gasteiger charge is -2.15. The Morgan fingerprint density at radius 3 is 2.92 bits per heavy atom. The van der Waals surface area contributed by atoms with Crippen LogP contribution in [0.1, 0.15) is 42.9 Å². The van der Waals surface area contributed by atoms with Gasteiger partial charge in [-0.2, -0.15) is 0 Å². The molecule has 1 atom stereocenters. The van der Waals surface area contributed by atoms with E-state index in [4.69, 9.17) is 0 Å². The number of nitrogens with one attached hydrogen (secondary N) is 1. The van der Waals surface area contributed by atoms with Gasteiger partial charge in [0.25, 0.3) is 5.78 Å². The number of carbonyl (C=O) groups is 1. The van der Waals surface area contributed by atoms with E-state index in [-0.39, 0.29) is 30.1 Å². The summed E-state index contributed by atoms with van der Waals surface area (Å²) in [6.45, 7) is 1.55. The molecule has 2 heterocycles. The average Bonchev–Trinajstić information content (AvgIpc) is 3.41. The highest BCUT2D eigenvalue weighted by atomic mass is 19.1. The number of halogens is 1. The maximum Gasteiger partial charge on any atom is 0.352 e. The van der Waals surface area contributed by atoms with Gasteiger partial charge in [0.05, 0.1) is 6.04 Å². The number of fused-ring (bicyclic) bond motifs is 1. The number of nitrogens with zero attached hydrogens (tertiary/aromatic N) is 4. The summed E-state index contributed by atoms with van der Waals surface area (Å²) in [5.74, 6) is -0.0380. The van der Waals surface area contributed by atoms with Gasteiger partial charge < -0.3 is 5.32 Å². The summed E-state index contributed by atoms with van der Waals surface area (Å²) in [6.07, 6.45) is 5.13. The molecule has 26 heavy (non-hydrogen) atoms. The van der Waals surface area contributed by atoms with Crippen LogP contribution in [0.4, 0.5) is 4.39 Å². The van der Waals surface area contributed by atoms with Gasteiger partial charge in [0, 0.05) is 12.4 Å². The first kappa shape index (κ1) is 16.4. The quantitative estimate of drug-likeness (QED) is 0.756. The number of aromatic nitrogens is 4. The zero-order valence-corrected chi connectivity index (χ0v) is 14.2. The van der Waals surface area contributed by atoms with Crippen molar-refractivity contribution in [2.45, 2.75) is 38.3 Å². The SMILES string of the molecule is C[C@H](NC(=O)Cn1nc2ncccn2c1=O)c1ccc(C2CC2)c(F)c1. The number of hydrogen-bond acceptors (Lipinski definition) is 4. The van der Waals surface area contributed by atoms with E-state index in [0.717, 1.165) is 23.1 Å². The summed E-state index contributed by atoms with van der Waals surface area (Å²) in [4.78, 5) is 28.4. The van der Waals surface area contributed by atoms with E-state index in [1.165, 1.54) is 16.7 Å². The zero-order valence-electron chi connectivity index (χ0n) is 14.2. The van der Waals surface area contributed by atoms with Crippen molar-refractivity contribution in [1.29, 1.82) is 0 Å². The molecule has 1 fully saturated rings. The molecule has 2 aromatic heterocycles. The maximum atomic E-state index is 14.2. The second-order valence-corrected chi connectivity index (χ2v) is 6.57. The highest BCUT2D eigenvalue weighted by molar-refractivity contribution is 5.76. The van der Waals surface area contributed by atoms with Crippen molar-refractivity contribution in [2.24, 2.45) is 0 Å². The van der Waals surface area contributed by atoms with E-state index in [2.05, 4.69) is 15.4 Å². The summed E-state index contributed by atoms with van der Waals surface area (Å²) >= 11 is 0. The Morgan fingerprint density at radius 1 is 1.42 bits per heavy atom. The van der Waals surface area contributed by atoms with Crippen LogP contribution >= 0.6 is 0 Å². The molecule has 0 bridgehead atoms. The number of rotatable bonds is 5. The van der Waals surface area contributed by atoms with Gasteiger partial charge >= 0.3 is 5.69 Å². The third kappa shape index (κ3) is 3.10. The Balaban J connectivity index is 1.46.